The number of aryl methyl sites for hydroxylation is 1. The molecule has 0 saturated carbocycles. The molecule has 0 fully saturated rings. The van der Waals surface area contributed by atoms with Crippen LogP contribution in [0.4, 0.5) is 0 Å². The van der Waals surface area contributed by atoms with Crippen molar-refractivity contribution >= 4 is 5.78 Å². The molecule has 0 bridgehead atoms. The summed E-state index contributed by atoms with van der Waals surface area (Å²) in [5.74, 6) is -0.0142. The number of nitrogens with two attached hydrogens (primary N) is 1. The first kappa shape index (κ1) is 12.9. The van der Waals surface area contributed by atoms with E-state index in [0.29, 0.717) is 18.6 Å². The van der Waals surface area contributed by atoms with Crippen molar-refractivity contribution in [2.45, 2.75) is 25.8 Å². The summed E-state index contributed by atoms with van der Waals surface area (Å²) >= 11 is 0. The third-order valence-corrected chi connectivity index (χ3v) is 2.62. The lowest BCUT2D eigenvalue weighted by molar-refractivity contribution is 0.0935. The van der Waals surface area contributed by atoms with Gasteiger partial charge in [0.05, 0.1) is 6.04 Å². The maximum absolute atomic E-state index is 11.9. The van der Waals surface area contributed by atoms with E-state index < -0.39 is 6.04 Å². The predicted molar refractivity (Wildman–Crippen MR) is 64.6 cm³/mol. The Kier molecular flexibility index (Phi) is 5.15. The largest absolute Gasteiger partial charge is 0.385 e. The number of carbonyl (C=O) groups is 1. The smallest absolute Gasteiger partial charge is 0.179 e. The Morgan fingerprint density at radius 2 is 2.00 bits per heavy atom. The number of Topliss-reactive ketones (excluding diaryl/α,β-unsaturated/α-hetero) is 1. The normalized spacial score (nSPS) is 12.4. The lowest BCUT2D eigenvalue weighted by atomic mass is 10.0. The van der Waals surface area contributed by atoms with Crippen LogP contribution < -0.4 is 5.73 Å². The van der Waals surface area contributed by atoms with Crippen molar-refractivity contribution in [3.8, 4) is 0 Å². The molecular weight excluding hydrogens is 202 g/mol. The molecule has 0 heterocycles. The quantitative estimate of drug-likeness (QED) is 0.745. The van der Waals surface area contributed by atoms with Crippen molar-refractivity contribution in [1.29, 1.82) is 0 Å². The number of rotatable bonds is 6. The molecule has 3 heteroatoms. The molecule has 0 amide bonds. The van der Waals surface area contributed by atoms with Crippen LogP contribution in [0, 0.1) is 0 Å². The fourth-order valence-corrected chi connectivity index (χ4v) is 1.49. The van der Waals surface area contributed by atoms with Crippen molar-refractivity contribution < 1.29 is 9.53 Å². The van der Waals surface area contributed by atoms with E-state index >= 15 is 0 Å². The third kappa shape index (κ3) is 3.43. The first-order valence-electron chi connectivity index (χ1n) is 5.56. The molecule has 0 aliphatic carbocycles. The number of methoxy groups -OCH3 is 1. The minimum Gasteiger partial charge on any atom is -0.385 e. The van der Waals surface area contributed by atoms with Crippen LogP contribution in [0.2, 0.25) is 0 Å². The fourth-order valence-electron chi connectivity index (χ4n) is 1.49. The van der Waals surface area contributed by atoms with Gasteiger partial charge < -0.3 is 10.5 Å². The fraction of sp³-hybridized carbons (Fsp3) is 0.462. The van der Waals surface area contributed by atoms with E-state index in [4.69, 9.17) is 10.5 Å². The Labute approximate surface area is 96.6 Å². The maximum atomic E-state index is 11.9. The van der Waals surface area contributed by atoms with Gasteiger partial charge in [-0.3, -0.25) is 4.79 Å². The zero-order valence-corrected chi connectivity index (χ0v) is 9.90. The standard InChI is InChI=1S/C13H19NO2/c1-3-10-4-6-11(7-5-10)13(15)12(14)8-9-16-2/h4-7,12H,3,8-9,14H2,1-2H3. The summed E-state index contributed by atoms with van der Waals surface area (Å²) in [7, 11) is 1.60. The lowest BCUT2D eigenvalue weighted by Crippen LogP contribution is -2.31. The minimum absolute atomic E-state index is 0.0142. The highest BCUT2D eigenvalue weighted by Crippen LogP contribution is 2.08. The van der Waals surface area contributed by atoms with E-state index in [1.165, 1.54) is 5.56 Å². The van der Waals surface area contributed by atoms with Crippen molar-refractivity contribution in [3.05, 3.63) is 35.4 Å². The van der Waals surface area contributed by atoms with Crippen LogP contribution >= 0.6 is 0 Å². The highest BCUT2D eigenvalue weighted by molar-refractivity contribution is 5.99. The van der Waals surface area contributed by atoms with Gasteiger partial charge in [-0.2, -0.15) is 0 Å². The molecule has 1 unspecified atom stereocenters. The highest BCUT2D eigenvalue weighted by Gasteiger charge is 2.14. The summed E-state index contributed by atoms with van der Waals surface area (Å²) in [5.41, 5.74) is 7.68. The number of benzene rings is 1. The number of ketones is 1. The van der Waals surface area contributed by atoms with Gasteiger partial charge in [0, 0.05) is 19.3 Å². The van der Waals surface area contributed by atoms with E-state index in [2.05, 4.69) is 6.92 Å². The van der Waals surface area contributed by atoms with E-state index in [1.807, 2.05) is 24.3 Å². The van der Waals surface area contributed by atoms with Gasteiger partial charge in [-0.25, -0.2) is 0 Å². The second-order valence-corrected chi connectivity index (χ2v) is 3.80. The van der Waals surface area contributed by atoms with Crippen LogP contribution in [0.3, 0.4) is 0 Å². The monoisotopic (exact) mass is 221 g/mol. The Hall–Kier alpha value is -1.19. The zero-order chi connectivity index (χ0) is 12.0. The Balaban J connectivity index is 2.64. The molecule has 0 spiro atoms. The summed E-state index contributed by atoms with van der Waals surface area (Å²) in [4.78, 5) is 11.9. The van der Waals surface area contributed by atoms with Gasteiger partial charge in [0.25, 0.3) is 0 Å². The van der Waals surface area contributed by atoms with Crippen LogP contribution in [0.5, 0.6) is 0 Å². The SMILES string of the molecule is CCc1ccc(C(=O)C(N)CCOC)cc1. The molecule has 3 nitrogen and oxygen atoms in total. The van der Waals surface area contributed by atoms with E-state index in [9.17, 15) is 4.79 Å². The first-order valence-corrected chi connectivity index (χ1v) is 5.56. The Morgan fingerprint density at radius 3 is 2.50 bits per heavy atom. The average Bonchev–Trinajstić information content (AvgIpc) is 2.35. The lowest BCUT2D eigenvalue weighted by Gasteiger charge is -2.10. The van der Waals surface area contributed by atoms with Crippen molar-refractivity contribution in [2.24, 2.45) is 5.73 Å². The molecule has 88 valence electrons. The van der Waals surface area contributed by atoms with Crippen LogP contribution in [-0.4, -0.2) is 25.5 Å². The van der Waals surface area contributed by atoms with Crippen LogP contribution in [0.25, 0.3) is 0 Å². The molecule has 1 rings (SSSR count). The summed E-state index contributed by atoms with van der Waals surface area (Å²) in [6.45, 7) is 2.60. The average molecular weight is 221 g/mol. The number of hydrogen-bond donors (Lipinski definition) is 1. The Bertz CT molecular complexity index is 332. The van der Waals surface area contributed by atoms with Crippen LogP contribution in [-0.2, 0) is 11.2 Å². The van der Waals surface area contributed by atoms with E-state index in [0.717, 1.165) is 6.42 Å². The summed E-state index contributed by atoms with van der Waals surface area (Å²) in [6.07, 6.45) is 1.54. The van der Waals surface area contributed by atoms with Crippen molar-refractivity contribution in [1.82, 2.24) is 0 Å². The number of carbonyl (C=O) groups excluding carboxylic acids is 1. The molecule has 0 aliphatic rings. The molecule has 0 saturated heterocycles. The molecule has 1 aromatic carbocycles. The van der Waals surface area contributed by atoms with Gasteiger partial charge in [0.2, 0.25) is 0 Å². The molecule has 2 N–H and O–H groups in total. The first-order chi connectivity index (χ1) is 7.69. The van der Waals surface area contributed by atoms with E-state index in [-0.39, 0.29) is 5.78 Å². The van der Waals surface area contributed by atoms with E-state index in [1.54, 1.807) is 7.11 Å². The van der Waals surface area contributed by atoms with Crippen LogP contribution in [0.1, 0.15) is 29.3 Å². The Morgan fingerprint density at radius 1 is 1.38 bits per heavy atom. The van der Waals surface area contributed by atoms with Gasteiger partial charge in [0.1, 0.15) is 0 Å². The molecule has 1 aromatic rings. The highest BCUT2D eigenvalue weighted by atomic mass is 16.5. The van der Waals surface area contributed by atoms with Crippen molar-refractivity contribution in [3.63, 3.8) is 0 Å². The topological polar surface area (TPSA) is 52.3 Å². The maximum Gasteiger partial charge on any atom is 0.179 e. The van der Waals surface area contributed by atoms with Crippen molar-refractivity contribution in [2.75, 3.05) is 13.7 Å². The molecule has 16 heavy (non-hydrogen) atoms. The van der Waals surface area contributed by atoms with Gasteiger partial charge in [-0.05, 0) is 18.4 Å². The molecule has 1 atom stereocenters. The van der Waals surface area contributed by atoms with Gasteiger partial charge in [0.15, 0.2) is 5.78 Å². The second kappa shape index (κ2) is 6.40. The third-order valence-electron chi connectivity index (χ3n) is 2.62. The second-order valence-electron chi connectivity index (χ2n) is 3.80. The molecule has 0 aliphatic heterocycles. The molecule has 0 aromatic heterocycles. The van der Waals surface area contributed by atoms with Gasteiger partial charge in [-0.15, -0.1) is 0 Å². The van der Waals surface area contributed by atoms with Crippen LogP contribution in [0.15, 0.2) is 24.3 Å². The summed E-state index contributed by atoms with van der Waals surface area (Å²) < 4.78 is 4.90. The summed E-state index contributed by atoms with van der Waals surface area (Å²) in [6, 6.07) is 7.15. The predicted octanol–water partition coefficient (Wildman–Crippen LogP) is 1.80. The van der Waals surface area contributed by atoms with Gasteiger partial charge >= 0.3 is 0 Å². The summed E-state index contributed by atoms with van der Waals surface area (Å²) in [5, 5.41) is 0. The zero-order valence-electron chi connectivity index (χ0n) is 9.90. The molecular formula is C13H19NO2. The molecule has 0 radical (unpaired) electrons. The van der Waals surface area contributed by atoms with Gasteiger partial charge in [-0.1, -0.05) is 31.2 Å². The number of hydrogen-bond acceptors (Lipinski definition) is 3. The minimum atomic E-state index is -0.465. The number of ether oxygens (including phenoxy) is 1.